The van der Waals surface area contributed by atoms with Crippen LogP contribution in [0.25, 0.3) is 0 Å². The third-order valence-corrected chi connectivity index (χ3v) is 4.38. The lowest BCUT2D eigenvalue weighted by Gasteiger charge is -2.07. The maximum Gasteiger partial charge on any atom is 0.263 e. The number of hydrogen-bond donors (Lipinski definition) is 2. The van der Waals surface area contributed by atoms with E-state index in [0.29, 0.717) is 18.8 Å². The number of rotatable bonds is 7. The Morgan fingerprint density at radius 3 is 2.65 bits per heavy atom. The lowest BCUT2D eigenvalue weighted by molar-refractivity contribution is 0.233. The van der Waals surface area contributed by atoms with Gasteiger partial charge in [0.25, 0.3) is 10.0 Å². The van der Waals surface area contributed by atoms with Gasteiger partial charge in [-0.3, -0.25) is 4.72 Å². The molecule has 0 bridgehead atoms. The monoisotopic (exact) mass is 315 g/mol. The molecule has 1 aromatic heterocycles. The molecule has 0 saturated carbocycles. The molecular weight excluding hydrogens is 302 g/mol. The smallest absolute Gasteiger partial charge is 0.263 e. The number of benzene rings is 1. The molecule has 0 aliphatic rings. The number of aromatic nitrogens is 2. The number of hydrogen-bond acceptors (Lipinski definition) is 7. The molecule has 0 saturated heterocycles. The molecule has 0 spiro atoms. The van der Waals surface area contributed by atoms with E-state index in [1.807, 2.05) is 0 Å². The highest BCUT2D eigenvalue weighted by Gasteiger charge is 2.15. The Labute approximate surface area is 120 Å². The van der Waals surface area contributed by atoms with Crippen LogP contribution < -0.4 is 9.46 Å². The van der Waals surface area contributed by atoms with Crippen LogP contribution in [0.3, 0.4) is 0 Å². The molecule has 0 amide bonds. The van der Waals surface area contributed by atoms with Gasteiger partial charge in [-0.2, -0.15) is 0 Å². The lowest BCUT2D eigenvalue weighted by Crippen LogP contribution is -2.12. The van der Waals surface area contributed by atoms with Gasteiger partial charge in [0.05, 0.1) is 11.5 Å². The maximum atomic E-state index is 12.0. The molecule has 2 aromatic rings. The summed E-state index contributed by atoms with van der Waals surface area (Å²) >= 11 is 1.10. The van der Waals surface area contributed by atoms with Crippen LogP contribution in [0.1, 0.15) is 6.42 Å². The van der Waals surface area contributed by atoms with E-state index >= 15 is 0 Å². The first-order chi connectivity index (χ1) is 9.62. The summed E-state index contributed by atoms with van der Waals surface area (Å²) in [6.07, 6.45) is 0.526. The van der Waals surface area contributed by atoms with Crippen LogP contribution in [0, 0.1) is 0 Å². The first kappa shape index (κ1) is 14.7. The minimum atomic E-state index is -3.66. The largest absolute Gasteiger partial charge is 0.494 e. The van der Waals surface area contributed by atoms with Crippen molar-refractivity contribution in [3.05, 3.63) is 29.8 Å². The minimum absolute atomic E-state index is 0.0538. The van der Waals surface area contributed by atoms with E-state index in [1.54, 1.807) is 12.1 Å². The number of ether oxygens (including phenoxy) is 1. The molecule has 1 aromatic carbocycles. The zero-order valence-electron chi connectivity index (χ0n) is 10.4. The van der Waals surface area contributed by atoms with Crippen LogP contribution in [0.15, 0.2) is 34.7 Å². The van der Waals surface area contributed by atoms with Crippen LogP contribution >= 0.6 is 11.3 Å². The number of sulfonamides is 1. The van der Waals surface area contributed by atoms with E-state index in [4.69, 9.17) is 9.84 Å². The second-order valence-corrected chi connectivity index (χ2v) is 6.26. The Morgan fingerprint density at radius 1 is 1.30 bits per heavy atom. The highest BCUT2D eigenvalue weighted by atomic mass is 32.2. The molecule has 7 nitrogen and oxygen atoms in total. The van der Waals surface area contributed by atoms with Gasteiger partial charge in [0, 0.05) is 13.0 Å². The highest BCUT2D eigenvalue weighted by molar-refractivity contribution is 7.93. The maximum absolute atomic E-state index is 12.0. The first-order valence-corrected chi connectivity index (χ1v) is 8.11. The third kappa shape index (κ3) is 3.89. The second-order valence-electron chi connectivity index (χ2n) is 3.75. The van der Waals surface area contributed by atoms with Gasteiger partial charge in [0.1, 0.15) is 11.3 Å². The van der Waals surface area contributed by atoms with Gasteiger partial charge in [-0.15, -0.1) is 10.2 Å². The zero-order valence-corrected chi connectivity index (χ0v) is 12.0. The van der Waals surface area contributed by atoms with Crippen LogP contribution in [0.2, 0.25) is 0 Å². The van der Waals surface area contributed by atoms with E-state index in [0.717, 1.165) is 11.3 Å². The van der Waals surface area contributed by atoms with Crippen molar-refractivity contribution >= 4 is 26.5 Å². The summed E-state index contributed by atoms with van der Waals surface area (Å²) in [4.78, 5) is 0.113. The molecule has 108 valence electrons. The fraction of sp³-hybridized carbons (Fsp3) is 0.273. The van der Waals surface area contributed by atoms with Crippen LogP contribution in [0.4, 0.5) is 5.13 Å². The van der Waals surface area contributed by atoms with Crippen molar-refractivity contribution in [1.82, 2.24) is 10.2 Å². The number of aliphatic hydroxyl groups is 1. The van der Waals surface area contributed by atoms with Crippen molar-refractivity contribution in [3.63, 3.8) is 0 Å². The van der Waals surface area contributed by atoms with Crippen molar-refractivity contribution in [2.45, 2.75) is 11.3 Å². The average molecular weight is 315 g/mol. The van der Waals surface area contributed by atoms with Crippen molar-refractivity contribution in [2.24, 2.45) is 0 Å². The van der Waals surface area contributed by atoms with Gasteiger partial charge in [0.2, 0.25) is 5.13 Å². The highest BCUT2D eigenvalue weighted by Crippen LogP contribution is 2.19. The summed E-state index contributed by atoms with van der Waals surface area (Å²) in [7, 11) is -3.66. The molecule has 0 atom stereocenters. The molecule has 20 heavy (non-hydrogen) atoms. The van der Waals surface area contributed by atoms with E-state index in [2.05, 4.69) is 14.9 Å². The molecule has 0 unspecified atom stereocenters. The molecule has 2 rings (SSSR count). The Balaban J connectivity index is 2.05. The summed E-state index contributed by atoms with van der Waals surface area (Å²) in [5.41, 5.74) is 1.44. The second kappa shape index (κ2) is 6.64. The predicted octanol–water partition coefficient (Wildman–Crippen LogP) is 1.10. The van der Waals surface area contributed by atoms with Crippen molar-refractivity contribution in [3.8, 4) is 5.75 Å². The van der Waals surface area contributed by atoms with Crippen molar-refractivity contribution < 1.29 is 18.3 Å². The molecule has 2 N–H and O–H groups in total. The Morgan fingerprint density at radius 2 is 2.05 bits per heavy atom. The van der Waals surface area contributed by atoms with E-state index in [-0.39, 0.29) is 16.6 Å². The van der Waals surface area contributed by atoms with Crippen molar-refractivity contribution in [1.29, 1.82) is 0 Å². The van der Waals surface area contributed by atoms with Gasteiger partial charge in [-0.25, -0.2) is 8.42 Å². The fourth-order valence-electron chi connectivity index (χ4n) is 1.36. The predicted molar refractivity (Wildman–Crippen MR) is 74.4 cm³/mol. The van der Waals surface area contributed by atoms with E-state index in [1.165, 1.54) is 17.6 Å². The minimum Gasteiger partial charge on any atom is -0.494 e. The number of aliphatic hydroxyl groups excluding tert-OH is 1. The molecule has 0 fully saturated rings. The topological polar surface area (TPSA) is 101 Å². The summed E-state index contributed by atoms with van der Waals surface area (Å²) < 4.78 is 31.7. The standard InChI is InChI=1S/C11H13N3O4S2/c15-6-1-7-18-9-2-4-10(5-3-9)20(16,17)14-11-13-12-8-19-11/h2-5,8,15H,1,6-7H2,(H,13,14). The van der Waals surface area contributed by atoms with E-state index < -0.39 is 10.0 Å². The van der Waals surface area contributed by atoms with Gasteiger partial charge in [0.15, 0.2) is 0 Å². The van der Waals surface area contributed by atoms with E-state index in [9.17, 15) is 8.42 Å². The SMILES string of the molecule is O=S(=O)(Nc1nncs1)c1ccc(OCCCO)cc1. The summed E-state index contributed by atoms with van der Waals surface area (Å²) in [5.74, 6) is 0.549. The quantitative estimate of drug-likeness (QED) is 0.742. The first-order valence-electron chi connectivity index (χ1n) is 5.74. The van der Waals surface area contributed by atoms with Gasteiger partial charge in [-0.05, 0) is 24.3 Å². The number of anilines is 1. The third-order valence-electron chi connectivity index (χ3n) is 2.29. The Bertz CT molecular complexity index is 626. The van der Waals surface area contributed by atoms with Gasteiger partial charge in [-0.1, -0.05) is 11.3 Å². The molecule has 0 aliphatic carbocycles. The van der Waals surface area contributed by atoms with Crippen molar-refractivity contribution in [2.75, 3.05) is 17.9 Å². The van der Waals surface area contributed by atoms with Gasteiger partial charge < -0.3 is 9.84 Å². The van der Waals surface area contributed by atoms with Crippen LogP contribution in [-0.4, -0.2) is 36.9 Å². The van der Waals surface area contributed by atoms with Gasteiger partial charge >= 0.3 is 0 Å². The van der Waals surface area contributed by atoms with Crippen LogP contribution in [0.5, 0.6) is 5.75 Å². The zero-order chi connectivity index (χ0) is 14.4. The molecular formula is C11H13N3O4S2. The summed E-state index contributed by atoms with van der Waals surface area (Å²) in [6.45, 7) is 0.434. The lowest BCUT2D eigenvalue weighted by atomic mass is 10.3. The molecule has 0 radical (unpaired) electrons. The average Bonchev–Trinajstić information content (AvgIpc) is 2.92. The molecule has 9 heteroatoms. The number of nitrogens with one attached hydrogen (secondary N) is 1. The fourth-order valence-corrected chi connectivity index (χ4v) is 3.05. The summed E-state index contributed by atoms with van der Waals surface area (Å²) in [6, 6.07) is 6.01. The number of nitrogens with zero attached hydrogens (tertiary/aromatic N) is 2. The summed E-state index contributed by atoms with van der Waals surface area (Å²) in [5, 5.41) is 16.0. The normalized spacial score (nSPS) is 11.2. The Kier molecular flexibility index (Phi) is 4.88. The van der Waals surface area contributed by atoms with Crippen LogP contribution in [-0.2, 0) is 10.0 Å². The Hall–Kier alpha value is -1.71. The molecule has 1 heterocycles. The molecule has 0 aliphatic heterocycles.